The van der Waals surface area contributed by atoms with Crippen LogP contribution in [0.25, 0.3) is 5.69 Å². The lowest BCUT2D eigenvalue weighted by Crippen LogP contribution is -2.47. The second-order valence-electron chi connectivity index (χ2n) is 9.89. The van der Waals surface area contributed by atoms with E-state index in [1.807, 2.05) is 78.4 Å². The first-order valence-corrected chi connectivity index (χ1v) is 13.4. The van der Waals surface area contributed by atoms with Crippen molar-refractivity contribution in [3.63, 3.8) is 0 Å². The van der Waals surface area contributed by atoms with Gasteiger partial charge in [0.05, 0.1) is 29.7 Å². The molecule has 212 valence electrons. The number of alkyl halides is 3. The third-order valence-electron chi connectivity index (χ3n) is 7.25. The summed E-state index contributed by atoms with van der Waals surface area (Å²) in [7, 11) is 1.58. The zero-order valence-electron chi connectivity index (χ0n) is 22.8. The van der Waals surface area contributed by atoms with Crippen molar-refractivity contribution in [2.45, 2.75) is 32.0 Å². The second-order valence-corrected chi connectivity index (χ2v) is 9.89. The van der Waals surface area contributed by atoms with Crippen LogP contribution < -0.4 is 9.64 Å². The molecule has 1 atom stereocenters. The fraction of sp³-hybridized carbons (Fsp3) is 0.250. The molecule has 0 bridgehead atoms. The molecule has 1 aliphatic heterocycles. The van der Waals surface area contributed by atoms with Crippen molar-refractivity contribution < 1.29 is 27.5 Å². The highest BCUT2D eigenvalue weighted by Crippen LogP contribution is 2.42. The van der Waals surface area contributed by atoms with Gasteiger partial charge < -0.3 is 14.2 Å². The van der Waals surface area contributed by atoms with Crippen LogP contribution in [0.15, 0.2) is 91.1 Å². The van der Waals surface area contributed by atoms with Crippen molar-refractivity contribution in [1.29, 1.82) is 0 Å². The Kier molecular flexibility index (Phi) is 7.88. The first-order valence-electron chi connectivity index (χ1n) is 13.4. The summed E-state index contributed by atoms with van der Waals surface area (Å²) >= 11 is 0. The molecule has 4 aromatic rings. The molecule has 0 N–H and O–H groups in total. The number of hydrogen-bond donors (Lipinski definition) is 0. The van der Waals surface area contributed by atoms with Crippen molar-refractivity contribution in [2.75, 3.05) is 25.1 Å². The normalized spacial score (nSPS) is 14.3. The maximum Gasteiger partial charge on any atom is 0.416 e. The van der Waals surface area contributed by atoms with Gasteiger partial charge in [0, 0.05) is 18.3 Å². The third-order valence-corrected chi connectivity index (χ3v) is 7.25. The molecule has 2 heterocycles. The molecule has 9 heteroatoms. The standard InChI is InChI=1S/C32H30F3N3O3/c1-3-4-18-36(31(40)23-9-7-10-24(20-23)32(33,34)35)21-29(39)38-27-12-6-5-11-26(27)37-19-8-13-28(37)30(38)22-14-16-25(41-2)17-15-22/h5-17,19-20,30H,3-4,18,21H2,1-2H3. The number of carbonyl (C=O) groups excluding carboxylic acids is 2. The van der Waals surface area contributed by atoms with Gasteiger partial charge in [-0.1, -0.05) is 43.7 Å². The summed E-state index contributed by atoms with van der Waals surface area (Å²) in [4.78, 5) is 30.8. The summed E-state index contributed by atoms with van der Waals surface area (Å²) in [5.41, 5.74) is 2.18. The van der Waals surface area contributed by atoms with Gasteiger partial charge in [0.1, 0.15) is 18.3 Å². The van der Waals surface area contributed by atoms with Crippen LogP contribution in [0.3, 0.4) is 0 Å². The van der Waals surface area contributed by atoms with Crippen LogP contribution in [0, 0.1) is 0 Å². The van der Waals surface area contributed by atoms with Crippen LogP contribution in [-0.2, 0) is 11.0 Å². The second kappa shape index (κ2) is 11.5. The minimum absolute atomic E-state index is 0.108. The minimum Gasteiger partial charge on any atom is -0.497 e. The van der Waals surface area contributed by atoms with E-state index in [0.717, 1.165) is 35.5 Å². The summed E-state index contributed by atoms with van der Waals surface area (Å²) in [6, 6.07) is 22.7. The number of unbranched alkanes of at least 4 members (excludes halogenated alkanes) is 1. The third kappa shape index (κ3) is 5.57. The van der Waals surface area contributed by atoms with Crippen LogP contribution in [0.4, 0.5) is 18.9 Å². The van der Waals surface area contributed by atoms with E-state index in [-0.39, 0.29) is 24.6 Å². The number of para-hydroxylation sites is 2. The SMILES string of the molecule is CCCCN(CC(=O)N1c2ccccc2-n2cccc2C1c1ccc(OC)cc1)C(=O)c1cccc(C(F)(F)F)c1. The number of amides is 2. The van der Waals surface area contributed by atoms with Gasteiger partial charge in [0.15, 0.2) is 0 Å². The van der Waals surface area contributed by atoms with Gasteiger partial charge in [-0.25, -0.2) is 0 Å². The molecule has 1 aliphatic rings. The largest absolute Gasteiger partial charge is 0.497 e. The Morgan fingerprint density at radius 1 is 0.927 bits per heavy atom. The average molecular weight is 562 g/mol. The van der Waals surface area contributed by atoms with Crippen LogP contribution in [0.5, 0.6) is 5.75 Å². The molecular formula is C32H30F3N3O3. The first kappa shape index (κ1) is 28.0. The number of ether oxygens (including phenoxy) is 1. The molecule has 1 aromatic heterocycles. The quantitative estimate of drug-likeness (QED) is 0.236. The lowest BCUT2D eigenvalue weighted by molar-refractivity contribution is -0.137. The molecule has 5 rings (SSSR count). The predicted molar refractivity (Wildman–Crippen MR) is 150 cm³/mol. The van der Waals surface area contributed by atoms with Gasteiger partial charge in [-0.2, -0.15) is 13.2 Å². The molecular weight excluding hydrogens is 531 g/mol. The molecule has 2 amide bonds. The van der Waals surface area contributed by atoms with Crippen LogP contribution in [-0.4, -0.2) is 41.5 Å². The Bertz CT molecular complexity index is 1550. The number of fused-ring (bicyclic) bond motifs is 3. The van der Waals surface area contributed by atoms with Gasteiger partial charge >= 0.3 is 6.18 Å². The molecule has 41 heavy (non-hydrogen) atoms. The minimum atomic E-state index is -4.58. The summed E-state index contributed by atoms with van der Waals surface area (Å²) in [6.07, 6.45) is -1.30. The van der Waals surface area contributed by atoms with Gasteiger partial charge in [-0.05, 0) is 66.6 Å². The van der Waals surface area contributed by atoms with Crippen LogP contribution in [0.1, 0.15) is 53.0 Å². The summed E-state index contributed by atoms with van der Waals surface area (Å²) in [6.45, 7) is 1.89. The predicted octanol–water partition coefficient (Wildman–Crippen LogP) is 6.88. The lowest BCUT2D eigenvalue weighted by atomic mass is 9.97. The number of benzene rings is 3. The molecule has 0 aliphatic carbocycles. The number of methoxy groups -OCH3 is 1. The fourth-order valence-electron chi connectivity index (χ4n) is 5.22. The molecule has 0 radical (unpaired) electrons. The number of hydrogen-bond acceptors (Lipinski definition) is 3. The Hall–Kier alpha value is -4.53. The van der Waals surface area contributed by atoms with Crippen LogP contribution >= 0.6 is 0 Å². The fourth-order valence-corrected chi connectivity index (χ4v) is 5.22. The van der Waals surface area contributed by atoms with E-state index in [0.29, 0.717) is 17.9 Å². The molecule has 6 nitrogen and oxygen atoms in total. The van der Waals surface area contributed by atoms with Gasteiger partial charge in [0.25, 0.3) is 5.91 Å². The van der Waals surface area contributed by atoms with Crippen LogP contribution in [0.2, 0.25) is 0 Å². The Morgan fingerprint density at radius 2 is 1.66 bits per heavy atom. The highest BCUT2D eigenvalue weighted by molar-refractivity contribution is 6.02. The van der Waals surface area contributed by atoms with Crippen molar-refractivity contribution in [2.24, 2.45) is 0 Å². The molecule has 1 unspecified atom stereocenters. The molecule has 3 aromatic carbocycles. The summed E-state index contributed by atoms with van der Waals surface area (Å²) < 4.78 is 47.5. The number of carbonyl (C=O) groups is 2. The number of halogens is 3. The Labute approximate surface area is 236 Å². The molecule has 0 spiro atoms. The number of nitrogens with zero attached hydrogens (tertiary/aromatic N) is 3. The molecule has 0 saturated carbocycles. The topological polar surface area (TPSA) is 54.8 Å². The van der Waals surface area contributed by atoms with E-state index in [2.05, 4.69) is 0 Å². The van der Waals surface area contributed by atoms with E-state index in [9.17, 15) is 22.8 Å². The monoisotopic (exact) mass is 561 g/mol. The van der Waals surface area contributed by atoms with E-state index in [4.69, 9.17) is 4.74 Å². The van der Waals surface area contributed by atoms with Crippen molar-refractivity contribution >= 4 is 17.5 Å². The summed E-state index contributed by atoms with van der Waals surface area (Å²) in [5, 5.41) is 0. The average Bonchev–Trinajstić information content (AvgIpc) is 3.48. The van der Waals surface area contributed by atoms with Gasteiger partial charge in [0.2, 0.25) is 5.91 Å². The lowest BCUT2D eigenvalue weighted by Gasteiger charge is -2.39. The molecule has 0 fully saturated rings. The highest BCUT2D eigenvalue weighted by Gasteiger charge is 2.37. The Morgan fingerprint density at radius 3 is 2.34 bits per heavy atom. The van der Waals surface area contributed by atoms with E-state index in [1.54, 1.807) is 12.0 Å². The number of rotatable bonds is 8. The highest BCUT2D eigenvalue weighted by atomic mass is 19.4. The molecule has 0 saturated heterocycles. The van der Waals surface area contributed by atoms with Gasteiger partial charge in [-0.3, -0.25) is 14.5 Å². The van der Waals surface area contributed by atoms with Crippen molar-refractivity contribution in [3.05, 3.63) is 114 Å². The number of aromatic nitrogens is 1. The van der Waals surface area contributed by atoms with E-state index < -0.39 is 23.7 Å². The van der Waals surface area contributed by atoms with Crippen molar-refractivity contribution in [3.8, 4) is 11.4 Å². The number of anilines is 1. The van der Waals surface area contributed by atoms with Gasteiger partial charge in [-0.15, -0.1) is 0 Å². The van der Waals surface area contributed by atoms with Crippen molar-refractivity contribution in [1.82, 2.24) is 9.47 Å². The van der Waals surface area contributed by atoms with E-state index >= 15 is 0 Å². The summed E-state index contributed by atoms with van der Waals surface area (Å²) in [5.74, 6) is -0.287. The first-order chi connectivity index (χ1) is 19.7. The van der Waals surface area contributed by atoms with E-state index in [1.165, 1.54) is 17.0 Å². The zero-order chi connectivity index (χ0) is 29.1. The smallest absolute Gasteiger partial charge is 0.416 e. The zero-order valence-corrected chi connectivity index (χ0v) is 22.8. The maximum atomic E-state index is 14.3. The Balaban J connectivity index is 1.54. The maximum absolute atomic E-state index is 14.3.